The molecule has 2 aliphatic rings. The lowest BCUT2D eigenvalue weighted by atomic mass is 10.0. The largest absolute Gasteiger partial charge is 0.430 e. The quantitative estimate of drug-likeness (QED) is 0.250. The molecule has 4 rings (SSSR count). The standard InChI is InChI=1S/C19H17N7O5S2/c1-9-21-6-10(7-22-9)2-4-31-18(29)12-3-5-32-17-14(16(28)26(12)17)24-15(27)13(25-30)11-8-33-19(20)23-11/h2-4,6-8,13-14,17H,5H2,1H3,(H2,20,23)(H,24,27)/t13?,14-,17+/m1/s1. The lowest BCUT2D eigenvalue weighted by molar-refractivity contribution is -0.151. The number of nitrogen functional groups attached to an aromatic ring is 1. The van der Waals surface area contributed by atoms with Crippen LogP contribution in [0.1, 0.15) is 23.1 Å². The van der Waals surface area contributed by atoms with Gasteiger partial charge in [0, 0.05) is 29.1 Å². The highest BCUT2D eigenvalue weighted by atomic mass is 32.2. The molecule has 2 aliphatic heterocycles. The normalized spacial score (nSPS) is 20.5. The van der Waals surface area contributed by atoms with Gasteiger partial charge in [0.05, 0.1) is 12.0 Å². The number of aromatic nitrogens is 3. The number of nitrogens with two attached hydrogens (primary N) is 1. The topological polar surface area (TPSA) is 170 Å². The van der Waals surface area contributed by atoms with Gasteiger partial charge in [-0.3, -0.25) is 14.5 Å². The summed E-state index contributed by atoms with van der Waals surface area (Å²) in [4.78, 5) is 62.2. The first-order valence-corrected chi connectivity index (χ1v) is 11.5. The predicted octanol–water partition coefficient (Wildman–Crippen LogP) is 1.13. The molecule has 170 valence electrons. The molecule has 2 aromatic heterocycles. The van der Waals surface area contributed by atoms with E-state index >= 15 is 0 Å². The number of aryl methyl sites for hydroxylation is 1. The maximum absolute atomic E-state index is 12.7. The van der Waals surface area contributed by atoms with Crippen molar-refractivity contribution in [2.45, 2.75) is 24.4 Å². The number of carbonyl (C=O) groups excluding carboxylic acids is 3. The number of nitrogens with zero attached hydrogens (tertiary/aromatic N) is 5. The van der Waals surface area contributed by atoms with E-state index < -0.39 is 35.2 Å². The fourth-order valence-electron chi connectivity index (χ4n) is 3.15. The van der Waals surface area contributed by atoms with E-state index in [2.05, 4.69) is 25.4 Å². The molecule has 3 N–H and O–H groups in total. The molecule has 4 heterocycles. The molecule has 0 radical (unpaired) electrons. The first-order chi connectivity index (χ1) is 15.9. The van der Waals surface area contributed by atoms with Crippen LogP contribution >= 0.6 is 23.1 Å². The molecule has 2 aromatic rings. The lowest BCUT2D eigenvalue weighted by Crippen LogP contribution is -2.70. The Morgan fingerprint density at radius 3 is 2.82 bits per heavy atom. The Bertz CT molecular complexity index is 1160. The zero-order chi connectivity index (χ0) is 23.5. The van der Waals surface area contributed by atoms with E-state index in [4.69, 9.17) is 10.5 Å². The molecule has 0 bridgehead atoms. The summed E-state index contributed by atoms with van der Waals surface area (Å²) >= 11 is 2.43. The Balaban J connectivity index is 1.38. The second-order valence-corrected chi connectivity index (χ2v) is 8.94. The lowest BCUT2D eigenvalue weighted by Gasteiger charge is -2.48. The first-order valence-electron chi connectivity index (χ1n) is 9.54. The molecule has 0 aliphatic carbocycles. The molecule has 14 heteroatoms. The second-order valence-electron chi connectivity index (χ2n) is 6.90. The van der Waals surface area contributed by atoms with Crippen LogP contribution in [0.3, 0.4) is 0 Å². The van der Waals surface area contributed by atoms with Crippen LogP contribution in [-0.4, -0.2) is 54.8 Å². The van der Waals surface area contributed by atoms with Crippen LogP contribution in [0.5, 0.6) is 0 Å². The number of nitroso groups, excluding NO2 is 1. The fraction of sp³-hybridized carbons (Fsp3) is 0.263. The Hall–Kier alpha value is -3.65. The number of hydrogen-bond acceptors (Lipinski definition) is 12. The third kappa shape index (κ3) is 4.61. The smallest absolute Gasteiger partial charge is 0.359 e. The van der Waals surface area contributed by atoms with E-state index in [0.717, 1.165) is 11.3 Å². The van der Waals surface area contributed by atoms with Crippen LogP contribution in [-0.2, 0) is 19.1 Å². The van der Waals surface area contributed by atoms with E-state index in [1.165, 1.54) is 34.4 Å². The van der Waals surface area contributed by atoms with Crippen molar-refractivity contribution in [1.82, 2.24) is 25.2 Å². The summed E-state index contributed by atoms with van der Waals surface area (Å²) in [5.41, 5.74) is 6.38. The van der Waals surface area contributed by atoms with Gasteiger partial charge in [-0.15, -0.1) is 28.0 Å². The summed E-state index contributed by atoms with van der Waals surface area (Å²) in [7, 11) is 0. The highest BCUT2D eigenvalue weighted by Crippen LogP contribution is 2.38. The van der Waals surface area contributed by atoms with E-state index in [1.807, 2.05) is 0 Å². The van der Waals surface area contributed by atoms with E-state index in [-0.39, 0.29) is 16.5 Å². The number of thiazole rings is 1. The fourth-order valence-corrected chi connectivity index (χ4v) is 4.92. The van der Waals surface area contributed by atoms with Crippen LogP contribution in [0.25, 0.3) is 6.08 Å². The molecular formula is C19H17N7O5S2. The van der Waals surface area contributed by atoms with E-state index in [0.29, 0.717) is 17.1 Å². The molecular weight excluding hydrogens is 470 g/mol. The second kappa shape index (κ2) is 9.46. The van der Waals surface area contributed by atoms with Crippen LogP contribution < -0.4 is 11.1 Å². The minimum Gasteiger partial charge on any atom is -0.430 e. The highest BCUT2D eigenvalue weighted by Gasteiger charge is 2.53. The van der Waals surface area contributed by atoms with Crippen molar-refractivity contribution in [3.63, 3.8) is 0 Å². The van der Waals surface area contributed by atoms with Crippen LogP contribution in [0.4, 0.5) is 5.13 Å². The number of esters is 1. The van der Waals surface area contributed by atoms with Crippen LogP contribution in [0.15, 0.2) is 41.0 Å². The van der Waals surface area contributed by atoms with E-state index in [9.17, 15) is 19.3 Å². The number of amides is 2. The van der Waals surface area contributed by atoms with Crippen LogP contribution in [0, 0.1) is 11.8 Å². The summed E-state index contributed by atoms with van der Waals surface area (Å²) in [6, 6.07) is -2.34. The molecule has 1 unspecified atom stereocenters. The summed E-state index contributed by atoms with van der Waals surface area (Å²) < 4.78 is 5.14. The molecule has 1 fully saturated rings. The van der Waals surface area contributed by atoms with Crippen molar-refractivity contribution in [3.8, 4) is 0 Å². The number of ether oxygens (including phenoxy) is 1. The van der Waals surface area contributed by atoms with Crippen molar-refractivity contribution in [3.05, 3.63) is 57.8 Å². The number of nitrogens with one attached hydrogen (secondary N) is 1. The van der Waals surface area contributed by atoms with Gasteiger partial charge >= 0.3 is 5.97 Å². The number of hydrogen-bond donors (Lipinski definition) is 2. The molecule has 33 heavy (non-hydrogen) atoms. The summed E-state index contributed by atoms with van der Waals surface area (Å²) in [6.07, 6.45) is 7.44. The van der Waals surface area contributed by atoms with Gasteiger partial charge in [-0.25, -0.2) is 19.7 Å². The minimum absolute atomic E-state index is 0.0800. The summed E-state index contributed by atoms with van der Waals surface area (Å²) in [5, 5.41) is 6.47. The van der Waals surface area contributed by atoms with Crippen molar-refractivity contribution < 1.29 is 19.1 Å². The molecule has 12 nitrogen and oxygen atoms in total. The van der Waals surface area contributed by atoms with Gasteiger partial charge in [-0.2, -0.15) is 0 Å². The number of β-lactam (4-membered cyclic amide) rings is 1. The number of fused-ring (bicyclic) bond motifs is 1. The van der Waals surface area contributed by atoms with Gasteiger partial charge < -0.3 is 15.8 Å². The molecule has 0 aromatic carbocycles. The Kier molecular flexibility index (Phi) is 6.46. The van der Waals surface area contributed by atoms with Gasteiger partial charge in [0.2, 0.25) is 6.04 Å². The average molecular weight is 488 g/mol. The zero-order valence-corrected chi connectivity index (χ0v) is 18.7. The van der Waals surface area contributed by atoms with Gasteiger partial charge in [0.15, 0.2) is 5.13 Å². The van der Waals surface area contributed by atoms with Crippen LogP contribution in [0.2, 0.25) is 0 Å². The number of rotatable bonds is 7. The van der Waals surface area contributed by atoms with Gasteiger partial charge in [-0.05, 0) is 24.3 Å². The molecule has 2 amide bonds. The molecule has 1 saturated heterocycles. The first kappa shape index (κ1) is 22.5. The zero-order valence-electron chi connectivity index (χ0n) is 17.1. The number of anilines is 1. The number of thioether (sulfide) groups is 1. The Morgan fingerprint density at radius 1 is 1.39 bits per heavy atom. The summed E-state index contributed by atoms with van der Waals surface area (Å²) in [5.74, 6) is -0.936. The third-order valence-electron chi connectivity index (χ3n) is 4.76. The third-order valence-corrected chi connectivity index (χ3v) is 6.64. The van der Waals surface area contributed by atoms with Crippen molar-refractivity contribution in [1.29, 1.82) is 0 Å². The highest BCUT2D eigenvalue weighted by molar-refractivity contribution is 8.00. The number of carbonyl (C=O) groups is 3. The Morgan fingerprint density at radius 2 is 2.15 bits per heavy atom. The maximum Gasteiger partial charge on any atom is 0.359 e. The predicted molar refractivity (Wildman–Crippen MR) is 120 cm³/mol. The average Bonchev–Trinajstić information content (AvgIpc) is 3.24. The molecule has 0 saturated carbocycles. The van der Waals surface area contributed by atoms with Crippen molar-refractivity contribution in [2.75, 3.05) is 11.5 Å². The van der Waals surface area contributed by atoms with Gasteiger partial charge in [0.1, 0.15) is 22.9 Å². The molecule has 3 atom stereocenters. The summed E-state index contributed by atoms with van der Waals surface area (Å²) in [6.45, 7) is 1.75. The Labute approximate surface area is 195 Å². The van der Waals surface area contributed by atoms with E-state index in [1.54, 1.807) is 25.4 Å². The molecule has 0 spiro atoms. The SMILES string of the molecule is Cc1ncc(C=COC(=O)C2=CCS[C@H]3[C@H](NC(=O)C(N=O)c4csc(N)n4)C(=O)N23)cn1. The van der Waals surface area contributed by atoms with Crippen molar-refractivity contribution in [2.24, 2.45) is 5.18 Å². The monoisotopic (exact) mass is 487 g/mol. The van der Waals surface area contributed by atoms with Crippen molar-refractivity contribution >= 4 is 52.1 Å². The van der Waals surface area contributed by atoms with Gasteiger partial charge in [0.25, 0.3) is 11.8 Å². The maximum atomic E-state index is 12.7. The minimum atomic E-state index is -1.43. The van der Waals surface area contributed by atoms with Gasteiger partial charge in [-0.1, -0.05) is 0 Å².